The molecule has 0 aliphatic carbocycles. The predicted octanol–water partition coefficient (Wildman–Crippen LogP) is 0.552. The van der Waals surface area contributed by atoms with E-state index in [1.54, 1.807) is 6.92 Å². The smallest absolute Gasteiger partial charge is 0.232 e. The number of piperidine rings is 3. The molecule has 5 saturated heterocycles. The second-order valence-electron chi connectivity index (χ2n) is 12.5. The molecule has 5 fully saturated rings. The summed E-state index contributed by atoms with van der Waals surface area (Å²) in [6, 6.07) is -0.661. The Morgan fingerprint density at radius 2 is 1.83 bits per heavy atom. The fourth-order valence-corrected chi connectivity index (χ4v) is 7.33. The fourth-order valence-electron chi connectivity index (χ4n) is 7.33. The van der Waals surface area contributed by atoms with E-state index in [0.29, 0.717) is 56.3 Å². The number of aliphatic imine (C=N–C) groups is 1. The largest absolute Gasteiger partial charge is 0.366 e. The first-order valence-corrected chi connectivity index (χ1v) is 15.8. The van der Waals surface area contributed by atoms with Gasteiger partial charge in [-0.1, -0.05) is 6.92 Å². The van der Waals surface area contributed by atoms with Crippen LogP contribution in [0.2, 0.25) is 0 Å². The van der Waals surface area contributed by atoms with Gasteiger partial charge in [0.1, 0.15) is 18.3 Å². The Bertz CT molecular complexity index is 1070. The average Bonchev–Trinajstić information content (AvgIpc) is 3.32. The minimum atomic E-state index is -1.32. The maximum atomic E-state index is 15.5. The van der Waals surface area contributed by atoms with E-state index in [0.717, 1.165) is 39.0 Å². The van der Waals surface area contributed by atoms with Crippen LogP contribution >= 0.6 is 0 Å². The van der Waals surface area contributed by atoms with Gasteiger partial charge in [-0.05, 0) is 58.2 Å². The standard InChI is InChI=1S/C30H48F2N8O2/c1-3-22-5-4-21(31)16-35-19(2)26(28(33)36-22)29(41)37-25-18-34-17-24(32)27(25)39-12-6-20(7-13-39)30(42)40-15-14-38-10-8-23(40)9-11-38/h4,20-21,23-28,34,36H,3,6-18,33H2,1-2H3,(H,37,41)/b35-19+. The molecule has 0 saturated carbocycles. The van der Waals surface area contributed by atoms with Gasteiger partial charge in [-0.25, -0.2) is 8.78 Å². The van der Waals surface area contributed by atoms with Crippen LogP contribution in [0.1, 0.15) is 46.0 Å². The molecule has 5 N–H and O–H groups in total. The first-order valence-electron chi connectivity index (χ1n) is 15.8. The van der Waals surface area contributed by atoms with E-state index in [4.69, 9.17) is 5.73 Å². The lowest BCUT2D eigenvalue weighted by atomic mass is 9.89. The monoisotopic (exact) mass is 590 g/mol. The molecule has 6 atom stereocenters. The number of hydrogen-bond donors (Lipinski definition) is 4. The quantitative estimate of drug-likeness (QED) is 0.346. The van der Waals surface area contributed by atoms with Crippen molar-refractivity contribution >= 4 is 17.5 Å². The van der Waals surface area contributed by atoms with E-state index in [-0.39, 0.29) is 30.8 Å². The molecule has 6 heterocycles. The number of likely N-dealkylation sites (tertiary alicyclic amines) is 1. The third-order valence-electron chi connectivity index (χ3n) is 9.79. The highest BCUT2D eigenvalue weighted by atomic mass is 19.1. The number of hydrogen-bond acceptors (Lipinski definition) is 8. The number of carbonyl (C=O) groups excluding carboxylic acids is 2. The van der Waals surface area contributed by atoms with Crippen molar-refractivity contribution in [2.75, 3.05) is 58.9 Å². The van der Waals surface area contributed by atoms with Gasteiger partial charge in [0.15, 0.2) is 0 Å². The van der Waals surface area contributed by atoms with E-state index < -0.39 is 36.5 Å². The molecule has 0 aromatic heterocycles. The van der Waals surface area contributed by atoms with Crippen LogP contribution in [-0.2, 0) is 9.59 Å². The number of carbonyl (C=O) groups is 2. The van der Waals surface area contributed by atoms with Gasteiger partial charge in [-0.15, -0.1) is 5.73 Å². The van der Waals surface area contributed by atoms with E-state index in [9.17, 15) is 14.0 Å². The van der Waals surface area contributed by atoms with E-state index >= 15 is 4.39 Å². The Kier molecular flexibility index (Phi) is 10.3. The minimum Gasteiger partial charge on any atom is -0.366 e. The van der Waals surface area contributed by atoms with Gasteiger partial charge in [0.25, 0.3) is 0 Å². The van der Waals surface area contributed by atoms with Crippen LogP contribution in [0.15, 0.2) is 22.5 Å². The zero-order valence-electron chi connectivity index (χ0n) is 25.0. The Morgan fingerprint density at radius 3 is 2.55 bits per heavy atom. The lowest BCUT2D eigenvalue weighted by Gasteiger charge is -2.45. The molecular weight excluding hydrogens is 542 g/mol. The third kappa shape index (κ3) is 7.05. The Balaban J connectivity index is 1.24. The van der Waals surface area contributed by atoms with Gasteiger partial charge < -0.3 is 31.5 Å². The van der Waals surface area contributed by atoms with Crippen molar-refractivity contribution in [2.24, 2.45) is 22.6 Å². The summed E-state index contributed by atoms with van der Waals surface area (Å²) in [5, 5.41) is 9.28. The van der Waals surface area contributed by atoms with Crippen LogP contribution in [-0.4, -0.2) is 128 Å². The highest BCUT2D eigenvalue weighted by Crippen LogP contribution is 2.29. The van der Waals surface area contributed by atoms with Crippen molar-refractivity contribution in [3.05, 3.63) is 17.5 Å². The molecule has 10 nitrogen and oxygen atoms in total. The van der Waals surface area contributed by atoms with Crippen LogP contribution in [0.4, 0.5) is 8.78 Å². The molecule has 6 aliphatic heterocycles. The lowest BCUT2D eigenvalue weighted by Crippen LogP contribution is -2.67. The number of alkyl halides is 2. The summed E-state index contributed by atoms with van der Waals surface area (Å²) in [6.07, 6.45) is 2.06. The topological polar surface area (TPSA) is 118 Å². The van der Waals surface area contributed by atoms with E-state index in [1.165, 1.54) is 6.08 Å². The second kappa shape index (κ2) is 13.9. The lowest BCUT2D eigenvalue weighted by molar-refractivity contribution is -0.139. The number of nitrogens with zero attached hydrogens (tertiary/aromatic N) is 4. The predicted molar refractivity (Wildman–Crippen MR) is 158 cm³/mol. The number of nitrogens with one attached hydrogen (secondary N) is 3. The van der Waals surface area contributed by atoms with Gasteiger partial charge in [0.05, 0.1) is 30.5 Å². The second-order valence-corrected chi connectivity index (χ2v) is 12.5. The van der Waals surface area contributed by atoms with Crippen molar-refractivity contribution < 1.29 is 18.4 Å². The number of rotatable bonds is 5. The van der Waals surface area contributed by atoms with Gasteiger partial charge in [0, 0.05) is 56.9 Å². The summed E-state index contributed by atoms with van der Waals surface area (Å²) >= 11 is 0. The maximum Gasteiger partial charge on any atom is 0.232 e. The molecule has 234 valence electrons. The molecular formula is C30H48F2N8O2. The molecule has 6 rings (SSSR count). The summed E-state index contributed by atoms with van der Waals surface area (Å²) < 4.78 is 29.8. The van der Waals surface area contributed by atoms with Crippen molar-refractivity contribution in [1.29, 1.82) is 0 Å². The molecule has 6 aliphatic rings. The maximum absolute atomic E-state index is 15.5. The third-order valence-corrected chi connectivity index (χ3v) is 9.79. The highest BCUT2D eigenvalue weighted by Gasteiger charge is 2.43. The number of fused-ring (bicyclic) bond motifs is 4. The average molecular weight is 591 g/mol. The molecule has 0 spiro atoms. The van der Waals surface area contributed by atoms with Crippen LogP contribution < -0.4 is 21.7 Å². The summed E-state index contributed by atoms with van der Waals surface area (Å²) in [5.41, 5.74) is 10.4. The van der Waals surface area contributed by atoms with Crippen molar-refractivity contribution in [3.8, 4) is 0 Å². The first-order chi connectivity index (χ1) is 20.2. The SMILES string of the molecule is CCC1=C=CC(F)C/N=C(\C)C(C(=O)NC2CNCC(F)C2N2CCC(C(=O)N3CCN4CCC3CC4)CC2)C(N)N1. The highest BCUT2D eigenvalue weighted by molar-refractivity contribution is 6.04. The molecule has 6 unspecified atom stereocenters. The van der Waals surface area contributed by atoms with Gasteiger partial charge in [0.2, 0.25) is 11.8 Å². The number of nitrogens with two attached hydrogens (primary N) is 1. The van der Waals surface area contributed by atoms with Crippen molar-refractivity contribution in [3.63, 3.8) is 0 Å². The summed E-state index contributed by atoms with van der Waals surface area (Å²) in [5.74, 6) is -1.01. The molecule has 42 heavy (non-hydrogen) atoms. The number of halogens is 2. The minimum absolute atomic E-state index is 0.0405. The van der Waals surface area contributed by atoms with Gasteiger partial charge in [-0.3, -0.25) is 19.5 Å². The van der Waals surface area contributed by atoms with Crippen LogP contribution in [0.3, 0.4) is 0 Å². The molecule has 2 amide bonds. The van der Waals surface area contributed by atoms with Crippen molar-refractivity contribution in [1.82, 2.24) is 30.7 Å². The normalized spacial score (nSPS) is 38.1. The zero-order chi connectivity index (χ0) is 29.8. The summed E-state index contributed by atoms with van der Waals surface area (Å²) in [7, 11) is 0. The van der Waals surface area contributed by atoms with E-state index in [1.807, 2.05) is 6.92 Å². The Hall–Kier alpha value is -2.37. The van der Waals surface area contributed by atoms with Crippen LogP contribution in [0, 0.1) is 11.8 Å². The van der Waals surface area contributed by atoms with Crippen LogP contribution in [0.5, 0.6) is 0 Å². The Labute approximate surface area is 248 Å². The molecule has 12 heteroatoms. The first kappa shape index (κ1) is 31.1. The molecule has 0 aromatic rings. The molecule has 0 aromatic carbocycles. The van der Waals surface area contributed by atoms with Crippen molar-refractivity contribution in [2.45, 2.75) is 82.6 Å². The summed E-state index contributed by atoms with van der Waals surface area (Å²) in [4.78, 5) is 38.2. The van der Waals surface area contributed by atoms with Crippen LogP contribution in [0.25, 0.3) is 0 Å². The number of amides is 2. The molecule has 2 bridgehead atoms. The molecule has 0 radical (unpaired) electrons. The van der Waals surface area contributed by atoms with E-state index in [2.05, 4.69) is 41.4 Å². The van der Waals surface area contributed by atoms with Gasteiger partial charge >= 0.3 is 0 Å². The fraction of sp³-hybridized carbons (Fsp3) is 0.800. The summed E-state index contributed by atoms with van der Waals surface area (Å²) in [6.45, 7) is 9.22. The van der Waals surface area contributed by atoms with Gasteiger partial charge in [-0.2, -0.15) is 0 Å². The zero-order valence-corrected chi connectivity index (χ0v) is 25.0. The Morgan fingerprint density at radius 1 is 1.10 bits per heavy atom.